The first-order chi connectivity index (χ1) is 9.24. The number of benzene rings is 1. The normalized spacial score (nSPS) is 24.4. The molecule has 2 aliphatic rings. The van der Waals surface area contributed by atoms with Crippen molar-refractivity contribution in [3.63, 3.8) is 0 Å². The summed E-state index contributed by atoms with van der Waals surface area (Å²) in [6, 6.07) is 5.11. The molecule has 0 radical (unpaired) electrons. The van der Waals surface area contributed by atoms with Crippen molar-refractivity contribution in [1.82, 2.24) is 4.98 Å². The molecule has 0 amide bonds. The van der Waals surface area contributed by atoms with Crippen molar-refractivity contribution in [2.24, 2.45) is 16.1 Å². The van der Waals surface area contributed by atoms with Gasteiger partial charge < -0.3 is 4.98 Å². The standard InChI is InChI=1S/C13H12N4O2/c18-17(19)8-2-4-11-10(5-8)9-3-1-7-6-14-16-12(7)13(9)15-11/h2,4-5,7,12,15H,1,3,6H2. The molecule has 1 N–H and O–H groups in total. The molecule has 2 aromatic rings. The molecule has 6 heteroatoms. The van der Waals surface area contributed by atoms with E-state index in [-0.39, 0.29) is 16.7 Å². The van der Waals surface area contributed by atoms with E-state index in [2.05, 4.69) is 15.2 Å². The molecule has 2 heterocycles. The first-order valence-electron chi connectivity index (χ1n) is 6.39. The van der Waals surface area contributed by atoms with E-state index in [9.17, 15) is 10.1 Å². The van der Waals surface area contributed by atoms with E-state index in [1.54, 1.807) is 12.1 Å². The topological polar surface area (TPSA) is 83.6 Å². The fourth-order valence-electron chi connectivity index (χ4n) is 3.20. The van der Waals surface area contributed by atoms with Crippen LogP contribution in [0.4, 0.5) is 5.69 Å². The number of fused-ring (bicyclic) bond motifs is 5. The zero-order valence-electron chi connectivity index (χ0n) is 10.2. The van der Waals surface area contributed by atoms with Gasteiger partial charge in [-0.3, -0.25) is 10.1 Å². The molecule has 96 valence electrons. The summed E-state index contributed by atoms with van der Waals surface area (Å²) in [5, 5.41) is 20.3. The van der Waals surface area contributed by atoms with E-state index >= 15 is 0 Å². The summed E-state index contributed by atoms with van der Waals surface area (Å²) in [5.74, 6) is 0.496. The van der Waals surface area contributed by atoms with E-state index in [0.29, 0.717) is 5.92 Å². The summed E-state index contributed by atoms with van der Waals surface area (Å²) >= 11 is 0. The van der Waals surface area contributed by atoms with Crippen LogP contribution in [0.5, 0.6) is 0 Å². The maximum absolute atomic E-state index is 10.9. The van der Waals surface area contributed by atoms with Crippen LogP contribution in [0.1, 0.15) is 23.7 Å². The molecule has 1 aliphatic heterocycles. The van der Waals surface area contributed by atoms with Gasteiger partial charge in [0.05, 0.1) is 11.5 Å². The number of aryl methyl sites for hydroxylation is 1. The van der Waals surface area contributed by atoms with Crippen molar-refractivity contribution < 1.29 is 4.92 Å². The Morgan fingerprint density at radius 3 is 3.16 bits per heavy atom. The molecular formula is C13H12N4O2. The summed E-state index contributed by atoms with van der Waals surface area (Å²) in [6.07, 6.45) is 2.00. The van der Waals surface area contributed by atoms with Gasteiger partial charge in [0, 0.05) is 34.6 Å². The number of non-ortho nitro benzene ring substituents is 1. The number of H-pyrrole nitrogens is 1. The fourth-order valence-corrected chi connectivity index (χ4v) is 3.20. The zero-order valence-corrected chi connectivity index (χ0v) is 10.2. The molecule has 4 rings (SSSR count). The second kappa shape index (κ2) is 3.63. The van der Waals surface area contributed by atoms with Crippen LogP contribution in [0.3, 0.4) is 0 Å². The smallest absolute Gasteiger partial charge is 0.270 e. The third kappa shape index (κ3) is 1.43. The summed E-state index contributed by atoms with van der Waals surface area (Å²) in [4.78, 5) is 13.9. The molecular weight excluding hydrogens is 244 g/mol. The number of hydrogen-bond acceptors (Lipinski definition) is 4. The highest BCUT2D eigenvalue weighted by Gasteiger charge is 2.35. The number of nitro benzene ring substituents is 1. The lowest BCUT2D eigenvalue weighted by Crippen LogP contribution is -2.17. The highest BCUT2D eigenvalue weighted by Crippen LogP contribution is 2.43. The molecule has 1 aromatic heterocycles. The van der Waals surface area contributed by atoms with Crippen LogP contribution in [-0.2, 0) is 6.42 Å². The minimum atomic E-state index is -0.347. The number of aromatic nitrogens is 1. The van der Waals surface area contributed by atoms with Crippen LogP contribution in [0, 0.1) is 16.0 Å². The van der Waals surface area contributed by atoms with E-state index < -0.39 is 0 Å². The molecule has 0 saturated carbocycles. The first kappa shape index (κ1) is 10.7. The summed E-state index contributed by atoms with van der Waals surface area (Å²) in [5.41, 5.74) is 3.39. The van der Waals surface area contributed by atoms with Gasteiger partial charge in [0.25, 0.3) is 5.69 Å². The number of hydrogen-bond donors (Lipinski definition) is 1. The van der Waals surface area contributed by atoms with Gasteiger partial charge >= 0.3 is 0 Å². The Hall–Kier alpha value is -2.24. The maximum atomic E-state index is 10.9. The number of nitrogens with one attached hydrogen (secondary N) is 1. The predicted molar refractivity (Wildman–Crippen MR) is 69.2 cm³/mol. The highest BCUT2D eigenvalue weighted by molar-refractivity contribution is 5.87. The summed E-state index contributed by atoms with van der Waals surface area (Å²) in [6.45, 7) is 0.805. The Balaban J connectivity index is 1.94. The van der Waals surface area contributed by atoms with Gasteiger partial charge in [-0.15, -0.1) is 0 Å². The number of nitrogens with zero attached hydrogens (tertiary/aromatic N) is 3. The van der Waals surface area contributed by atoms with Gasteiger partial charge in [-0.2, -0.15) is 10.2 Å². The molecule has 0 bridgehead atoms. The van der Waals surface area contributed by atoms with Crippen molar-refractivity contribution in [2.75, 3.05) is 6.54 Å². The molecule has 2 atom stereocenters. The fraction of sp³-hybridized carbons (Fsp3) is 0.385. The van der Waals surface area contributed by atoms with Gasteiger partial charge in [-0.1, -0.05) is 0 Å². The van der Waals surface area contributed by atoms with Gasteiger partial charge in [-0.05, 0) is 24.5 Å². The molecule has 0 saturated heterocycles. The molecule has 0 fully saturated rings. The monoisotopic (exact) mass is 256 g/mol. The van der Waals surface area contributed by atoms with Gasteiger partial charge in [0.2, 0.25) is 0 Å². The Bertz CT molecular complexity index is 719. The highest BCUT2D eigenvalue weighted by atomic mass is 16.6. The van der Waals surface area contributed by atoms with Crippen LogP contribution in [-0.4, -0.2) is 16.5 Å². The lowest BCUT2D eigenvalue weighted by molar-refractivity contribution is -0.384. The number of aromatic amines is 1. The van der Waals surface area contributed by atoms with Gasteiger partial charge in [-0.25, -0.2) is 0 Å². The Labute approximate surface area is 108 Å². The first-order valence-corrected chi connectivity index (χ1v) is 6.39. The quantitative estimate of drug-likeness (QED) is 0.627. The number of azo groups is 1. The second-order valence-electron chi connectivity index (χ2n) is 5.19. The zero-order chi connectivity index (χ0) is 13.0. The van der Waals surface area contributed by atoms with Crippen LogP contribution < -0.4 is 0 Å². The molecule has 1 aromatic carbocycles. The average Bonchev–Trinajstić information content (AvgIpc) is 3.01. The van der Waals surface area contributed by atoms with Crippen LogP contribution in [0.25, 0.3) is 10.9 Å². The van der Waals surface area contributed by atoms with Gasteiger partial charge in [0.15, 0.2) is 0 Å². The van der Waals surface area contributed by atoms with Crippen LogP contribution in [0.15, 0.2) is 28.4 Å². The third-order valence-electron chi connectivity index (χ3n) is 4.16. The minimum Gasteiger partial charge on any atom is -0.356 e. The van der Waals surface area contributed by atoms with Crippen LogP contribution >= 0.6 is 0 Å². The minimum absolute atomic E-state index is 0.121. The largest absolute Gasteiger partial charge is 0.356 e. The lowest BCUT2D eigenvalue weighted by atomic mass is 9.84. The maximum Gasteiger partial charge on any atom is 0.270 e. The average molecular weight is 256 g/mol. The van der Waals surface area contributed by atoms with E-state index in [1.807, 2.05) is 0 Å². The Kier molecular flexibility index (Phi) is 2.04. The Morgan fingerprint density at radius 2 is 2.32 bits per heavy atom. The molecule has 6 nitrogen and oxygen atoms in total. The number of rotatable bonds is 1. The summed E-state index contributed by atoms with van der Waals surface area (Å²) in [7, 11) is 0. The predicted octanol–water partition coefficient (Wildman–Crippen LogP) is 3.15. The lowest BCUT2D eigenvalue weighted by Gasteiger charge is -2.22. The Morgan fingerprint density at radius 1 is 1.42 bits per heavy atom. The molecule has 0 spiro atoms. The number of nitro groups is 1. The van der Waals surface area contributed by atoms with E-state index in [4.69, 9.17) is 0 Å². The van der Waals surface area contributed by atoms with Gasteiger partial charge in [0.1, 0.15) is 6.04 Å². The molecule has 19 heavy (non-hydrogen) atoms. The molecule has 2 unspecified atom stereocenters. The van der Waals surface area contributed by atoms with E-state index in [1.165, 1.54) is 11.6 Å². The van der Waals surface area contributed by atoms with Crippen molar-refractivity contribution in [3.8, 4) is 0 Å². The van der Waals surface area contributed by atoms with Crippen LogP contribution in [0.2, 0.25) is 0 Å². The van der Waals surface area contributed by atoms with Crippen molar-refractivity contribution >= 4 is 16.6 Å². The van der Waals surface area contributed by atoms with Crippen molar-refractivity contribution in [3.05, 3.63) is 39.6 Å². The van der Waals surface area contributed by atoms with Crippen molar-refractivity contribution in [1.29, 1.82) is 0 Å². The third-order valence-corrected chi connectivity index (χ3v) is 4.16. The second-order valence-corrected chi connectivity index (χ2v) is 5.19. The molecule has 1 aliphatic carbocycles. The summed E-state index contributed by atoms with van der Waals surface area (Å²) < 4.78 is 0. The van der Waals surface area contributed by atoms with Crippen molar-refractivity contribution in [2.45, 2.75) is 18.9 Å². The van der Waals surface area contributed by atoms with E-state index in [0.717, 1.165) is 36.0 Å². The SMILES string of the molecule is O=[N+]([O-])c1ccc2[nH]c3c(c2c1)CCC1CN=NC31.